The Hall–Kier alpha value is -2.29. The highest BCUT2D eigenvalue weighted by Gasteiger charge is 2.27. The third-order valence-electron chi connectivity index (χ3n) is 3.47. The molecule has 0 aliphatic heterocycles. The maximum Gasteiger partial charge on any atom is 0.309 e. The molecule has 0 aliphatic carbocycles. The molecule has 26 heavy (non-hydrogen) atoms. The van der Waals surface area contributed by atoms with Crippen molar-refractivity contribution < 1.29 is 27.9 Å². The second kappa shape index (κ2) is 8.88. The Morgan fingerprint density at radius 2 is 1.77 bits per heavy atom. The molecule has 0 aliphatic rings. The smallest absolute Gasteiger partial charge is 0.309 e. The average Bonchev–Trinajstić information content (AvgIpc) is 2.47. The summed E-state index contributed by atoms with van der Waals surface area (Å²) in [5, 5.41) is 11.4. The largest absolute Gasteiger partial charge is 0.491 e. The molecule has 1 aromatic carbocycles. The van der Waals surface area contributed by atoms with E-state index in [-0.39, 0.29) is 19.1 Å². The van der Waals surface area contributed by atoms with Crippen LogP contribution in [0.25, 0.3) is 0 Å². The van der Waals surface area contributed by atoms with Crippen LogP contribution in [0.1, 0.15) is 34.1 Å². The summed E-state index contributed by atoms with van der Waals surface area (Å²) < 4.78 is 31.9. The van der Waals surface area contributed by atoms with Crippen LogP contribution in [-0.4, -0.2) is 43.8 Å². The first kappa shape index (κ1) is 21.8. The first-order chi connectivity index (χ1) is 11.9. The van der Waals surface area contributed by atoms with Crippen LogP contribution in [0.2, 0.25) is 0 Å². The molecular formula is C17H26N2O6S. The Morgan fingerprint density at radius 3 is 2.27 bits per heavy atom. The van der Waals surface area contributed by atoms with Crippen molar-refractivity contribution in [2.24, 2.45) is 5.41 Å². The zero-order valence-corrected chi connectivity index (χ0v) is 16.2. The molecule has 0 saturated carbocycles. The molecule has 1 rings (SSSR count). The van der Waals surface area contributed by atoms with E-state index in [1.54, 1.807) is 24.3 Å². The molecule has 1 aromatic rings. The average molecular weight is 386 g/mol. The molecule has 0 fully saturated rings. The van der Waals surface area contributed by atoms with E-state index in [2.05, 4.69) is 10.0 Å². The van der Waals surface area contributed by atoms with Crippen LogP contribution in [0, 0.1) is 5.41 Å². The van der Waals surface area contributed by atoms with Crippen molar-refractivity contribution in [1.82, 2.24) is 5.32 Å². The van der Waals surface area contributed by atoms with Gasteiger partial charge in [0.05, 0.1) is 11.5 Å². The highest BCUT2D eigenvalue weighted by atomic mass is 32.2. The Balaban J connectivity index is 2.52. The lowest BCUT2D eigenvalue weighted by Crippen LogP contribution is -2.36. The third kappa shape index (κ3) is 7.73. The van der Waals surface area contributed by atoms with Gasteiger partial charge < -0.3 is 15.2 Å². The summed E-state index contributed by atoms with van der Waals surface area (Å²) in [5.41, 5.74) is -0.676. The van der Waals surface area contributed by atoms with Gasteiger partial charge in [0.1, 0.15) is 11.5 Å². The number of hydrogen-bond acceptors (Lipinski definition) is 5. The maximum atomic E-state index is 12.0. The summed E-state index contributed by atoms with van der Waals surface area (Å²) in [5.74, 6) is -1.81. The number of carbonyl (C=O) groups is 2. The van der Waals surface area contributed by atoms with Gasteiger partial charge in [0, 0.05) is 12.2 Å². The minimum atomic E-state index is -3.87. The lowest BCUT2D eigenvalue weighted by molar-refractivity contribution is -0.147. The van der Waals surface area contributed by atoms with Crippen molar-refractivity contribution in [2.45, 2.75) is 40.2 Å². The van der Waals surface area contributed by atoms with E-state index in [4.69, 9.17) is 9.84 Å². The molecule has 146 valence electrons. The van der Waals surface area contributed by atoms with Gasteiger partial charge in [-0.05, 0) is 58.4 Å². The molecule has 0 heterocycles. The molecule has 0 aromatic heterocycles. The number of benzene rings is 1. The molecule has 9 heteroatoms. The van der Waals surface area contributed by atoms with Crippen LogP contribution in [0.5, 0.6) is 5.75 Å². The summed E-state index contributed by atoms with van der Waals surface area (Å²) in [6.07, 6.45) is 0.200. The van der Waals surface area contributed by atoms with Crippen LogP contribution < -0.4 is 14.8 Å². The zero-order chi connectivity index (χ0) is 20.0. The number of ether oxygens (including phenoxy) is 1. The summed E-state index contributed by atoms with van der Waals surface area (Å²) in [7, 11) is -3.87. The minimum absolute atomic E-state index is 0.00680. The van der Waals surface area contributed by atoms with E-state index in [0.29, 0.717) is 11.4 Å². The summed E-state index contributed by atoms with van der Waals surface area (Å²) in [4.78, 5) is 22.8. The van der Waals surface area contributed by atoms with Gasteiger partial charge in [0.15, 0.2) is 0 Å². The molecule has 8 nitrogen and oxygen atoms in total. The first-order valence-electron chi connectivity index (χ1n) is 8.18. The monoisotopic (exact) mass is 386 g/mol. The number of amides is 1. The van der Waals surface area contributed by atoms with Crippen molar-refractivity contribution in [1.29, 1.82) is 0 Å². The number of carboxylic acid groups (broad SMARTS) is 1. The number of anilines is 1. The number of rotatable bonds is 10. The summed E-state index contributed by atoms with van der Waals surface area (Å²) in [6.45, 7) is 6.91. The van der Waals surface area contributed by atoms with Crippen molar-refractivity contribution in [2.75, 3.05) is 17.0 Å². The fourth-order valence-corrected chi connectivity index (χ4v) is 2.95. The number of aliphatic carboxylic acids is 1. The molecule has 0 spiro atoms. The number of carbonyl (C=O) groups excluding carboxylic acids is 1. The highest BCUT2D eigenvalue weighted by Crippen LogP contribution is 2.19. The van der Waals surface area contributed by atoms with Crippen molar-refractivity contribution >= 4 is 27.6 Å². The molecule has 0 bridgehead atoms. The molecule has 3 N–H and O–H groups in total. The predicted molar refractivity (Wildman–Crippen MR) is 98.7 cm³/mol. The standard InChI is InChI=1S/C17H26N2O6S/c1-12(2)25-14-7-5-13(6-8-14)19-26(23,24)11-15(20)18-10-9-17(3,4)16(21)22/h5-8,12,19H,9-11H2,1-4H3,(H,18,20)(H,21,22). The third-order valence-corrected chi connectivity index (χ3v) is 4.66. The van der Waals surface area contributed by atoms with Gasteiger partial charge >= 0.3 is 5.97 Å². The fourth-order valence-electron chi connectivity index (χ4n) is 1.93. The minimum Gasteiger partial charge on any atom is -0.491 e. The quantitative estimate of drug-likeness (QED) is 0.564. The SMILES string of the molecule is CC(C)Oc1ccc(NS(=O)(=O)CC(=O)NCCC(C)(C)C(=O)O)cc1. The van der Waals surface area contributed by atoms with Crippen LogP contribution in [0.15, 0.2) is 24.3 Å². The van der Waals surface area contributed by atoms with E-state index >= 15 is 0 Å². The van der Waals surface area contributed by atoms with E-state index in [1.165, 1.54) is 13.8 Å². The molecular weight excluding hydrogens is 360 g/mol. The Labute approximate surface area is 154 Å². The van der Waals surface area contributed by atoms with Crippen LogP contribution >= 0.6 is 0 Å². The van der Waals surface area contributed by atoms with E-state index < -0.39 is 33.1 Å². The van der Waals surface area contributed by atoms with E-state index in [1.807, 2.05) is 13.8 Å². The van der Waals surface area contributed by atoms with Crippen molar-refractivity contribution in [3.63, 3.8) is 0 Å². The number of hydrogen-bond donors (Lipinski definition) is 3. The summed E-state index contributed by atoms with van der Waals surface area (Å²) in [6, 6.07) is 6.35. The van der Waals surface area contributed by atoms with Crippen molar-refractivity contribution in [3.8, 4) is 5.75 Å². The molecule has 0 saturated heterocycles. The molecule has 0 radical (unpaired) electrons. The molecule has 0 atom stereocenters. The van der Waals surface area contributed by atoms with Crippen LogP contribution in [0.4, 0.5) is 5.69 Å². The number of sulfonamides is 1. The molecule has 1 amide bonds. The van der Waals surface area contributed by atoms with Gasteiger partial charge in [-0.2, -0.15) is 0 Å². The Bertz CT molecular complexity index is 726. The maximum absolute atomic E-state index is 12.0. The van der Waals surface area contributed by atoms with Crippen LogP contribution in [-0.2, 0) is 19.6 Å². The Morgan fingerprint density at radius 1 is 1.19 bits per heavy atom. The zero-order valence-electron chi connectivity index (χ0n) is 15.4. The van der Waals surface area contributed by atoms with Crippen molar-refractivity contribution in [3.05, 3.63) is 24.3 Å². The van der Waals surface area contributed by atoms with E-state index in [0.717, 1.165) is 0 Å². The fraction of sp³-hybridized carbons (Fsp3) is 0.529. The lowest BCUT2D eigenvalue weighted by Gasteiger charge is -2.18. The first-order valence-corrected chi connectivity index (χ1v) is 9.84. The second-order valence-corrected chi connectivity index (χ2v) is 8.56. The van der Waals surface area contributed by atoms with Gasteiger partial charge in [-0.15, -0.1) is 0 Å². The van der Waals surface area contributed by atoms with Gasteiger partial charge in [0.25, 0.3) is 0 Å². The molecule has 0 unspecified atom stereocenters. The number of nitrogens with one attached hydrogen (secondary N) is 2. The van der Waals surface area contributed by atoms with E-state index in [9.17, 15) is 18.0 Å². The topological polar surface area (TPSA) is 122 Å². The highest BCUT2D eigenvalue weighted by molar-refractivity contribution is 7.93. The van der Waals surface area contributed by atoms with Gasteiger partial charge in [-0.1, -0.05) is 0 Å². The van der Waals surface area contributed by atoms with Gasteiger partial charge in [-0.25, -0.2) is 8.42 Å². The predicted octanol–water partition coefficient (Wildman–Crippen LogP) is 1.83. The van der Waals surface area contributed by atoms with Gasteiger partial charge in [0.2, 0.25) is 15.9 Å². The second-order valence-electron chi connectivity index (χ2n) is 6.84. The normalized spacial score (nSPS) is 11.9. The Kier molecular flexibility index (Phi) is 7.43. The number of carboxylic acids is 1. The lowest BCUT2D eigenvalue weighted by atomic mass is 9.90. The van der Waals surface area contributed by atoms with Gasteiger partial charge in [-0.3, -0.25) is 14.3 Å². The summed E-state index contributed by atoms with van der Waals surface area (Å²) >= 11 is 0. The van der Waals surface area contributed by atoms with Crippen LogP contribution in [0.3, 0.4) is 0 Å².